The van der Waals surface area contributed by atoms with Crippen LogP contribution in [0.2, 0.25) is 0 Å². The summed E-state index contributed by atoms with van der Waals surface area (Å²) in [6, 6.07) is 0.649. The van der Waals surface area contributed by atoms with Crippen LogP contribution < -0.4 is 0 Å². The second-order valence-electron chi connectivity index (χ2n) is 3.89. The lowest BCUT2D eigenvalue weighted by Crippen LogP contribution is -2.27. The molecule has 0 unspecified atom stereocenters. The normalized spacial score (nSPS) is 10.4. The third-order valence-corrected chi connectivity index (χ3v) is 2.32. The molecule has 0 heterocycles. The first-order valence-corrected chi connectivity index (χ1v) is 6.46. The Hall–Kier alpha value is -0.0800. The zero-order chi connectivity index (χ0) is 12.1. The lowest BCUT2D eigenvalue weighted by Gasteiger charge is -2.20. The van der Waals surface area contributed by atoms with Gasteiger partial charge in [-0.1, -0.05) is 27.2 Å². The maximum absolute atomic E-state index is 5.48. The molecule has 15 heavy (non-hydrogen) atoms. The Morgan fingerprint density at radius 2 is 1.60 bits per heavy atom. The van der Waals surface area contributed by atoms with Crippen LogP contribution in [0.5, 0.6) is 0 Å². The summed E-state index contributed by atoms with van der Waals surface area (Å²) >= 11 is 0. The van der Waals surface area contributed by atoms with Crippen molar-refractivity contribution in [2.45, 2.75) is 59.9 Å². The Labute approximate surface area is 97.0 Å². The smallest absolute Gasteiger partial charge is 0.0478 e. The minimum absolute atomic E-state index is 0.649. The molecule has 0 N–H and O–H groups in total. The predicted octanol–water partition coefficient (Wildman–Crippen LogP) is 3.56. The van der Waals surface area contributed by atoms with Gasteiger partial charge in [0.1, 0.15) is 0 Å². The predicted molar refractivity (Wildman–Crippen MR) is 69.5 cm³/mol. The first-order valence-electron chi connectivity index (χ1n) is 6.46. The van der Waals surface area contributed by atoms with Crippen LogP contribution in [-0.2, 0) is 4.74 Å². The van der Waals surface area contributed by atoms with Crippen LogP contribution in [-0.4, -0.2) is 37.7 Å². The molecule has 0 bridgehead atoms. The molecule has 0 amide bonds. The second kappa shape index (κ2) is 13.9. The van der Waals surface area contributed by atoms with E-state index in [0.29, 0.717) is 6.04 Å². The van der Waals surface area contributed by atoms with Gasteiger partial charge in [-0.25, -0.2) is 0 Å². The van der Waals surface area contributed by atoms with Gasteiger partial charge in [-0.3, -0.25) is 0 Å². The van der Waals surface area contributed by atoms with E-state index in [1.54, 1.807) is 0 Å². The Bertz CT molecular complexity index is 105. The summed E-state index contributed by atoms with van der Waals surface area (Å²) < 4.78 is 5.48. The van der Waals surface area contributed by atoms with Crippen LogP contribution in [0.4, 0.5) is 0 Å². The fourth-order valence-electron chi connectivity index (χ4n) is 1.02. The van der Waals surface area contributed by atoms with E-state index >= 15 is 0 Å². The number of rotatable bonds is 8. The van der Waals surface area contributed by atoms with E-state index in [-0.39, 0.29) is 0 Å². The van der Waals surface area contributed by atoms with Crippen molar-refractivity contribution in [3.8, 4) is 0 Å². The Morgan fingerprint density at radius 1 is 1.07 bits per heavy atom. The van der Waals surface area contributed by atoms with Gasteiger partial charge in [0.25, 0.3) is 0 Å². The van der Waals surface area contributed by atoms with E-state index in [9.17, 15) is 0 Å². The van der Waals surface area contributed by atoms with Crippen LogP contribution >= 0.6 is 0 Å². The summed E-state index contributed by atoms with van der Waals surface area (Å²) in [5.41, 5.74) is 0. The van der Waals surface area contributed by atoms with Gasteiger partial charge in [-0.2, -0.15) is 0 Å². The molecule has 0 fully saturated rings. The van der Waals surface area contributed by atoms with Crippen molar-refractivity contribution in [1.82, 2.24) is 4.90 Å². The summed E-state index contributed by atoms with van der Waals surface area (Å²) in [6.07, 6.45) is 3.57. The highest BCUT2D eigenvalue weighted by molar-refractivity contribution is 4.55. The molecule has 2 heteroatoms. The van der Waals surface area contributed by atoms with Crippen LogP contribution in [0.1, 0.15) is 53.9 Å². The van der Waals surface area contributed by atoms with Crippen molar-refractivity contribution >= 4 is 0 Å². The van der Waals surface area contributed by atoms with Gasteiger partial charge in [0.15, 0.2) is 0 Å². The fraction of sp³-hybridized carbons (Fsp3) is 1.00. The second-order valence-corrected chi connectivity index (χ2v) is 3.89. The fourth-order valence-corrected chi connectivity index (χ4v) is 1.02. The minimum Gasteiger partial charge on any atom is -0.381 e. The summed E-state index contributed by atoms with van der Waals surface area (Å²) in [7, 11) is 2.16. The lowest BCUT2D eigenvalue weighted by molar-refractivity contribution is 0.118. The molecule has 0 aromatic carbocycles. The van der Waals surface area contributed by atoms with E-state index in [1.807, 2.05) is 13.8 Å². The summed E-state index contributed by atoms with van der Waals surface area (Å²) in [6.45, 7) is 13.6. The molecule has 2 nitrogen and oxygen atoms in total. The number of hydrogen-bond acceptors (Lipinski definition) is 2. The Balaban J connectivity index is 0. The molecule has 0 aliphatic carbocycles. The average molecular weight is 217 g/mol. The first kappa shape index (κ1) is 17.3. The monoisotopic (exact) mass is 217 g/mol. The van der Waals surface area contributed by atoms with Gasteiger partial charge in [0.2, 0.25) is 0 Å². The molecule has 94 valence electrons. The Morgan fingerprint density at radius 3 is 2.07 bits per heavy atom. The first-order chi connectivity index (χ1) is 7.18. The standard InChI is InChI=1S/C11H25NO.C2H6/c1-5-6-9-13-10-7-8-12(4)11(2)3;1-2/h11H,5-10H2,1-4H3;1-2H3. The zero-order valence-electron chi connectivity index (χ0n) is 11.7. The quantitative estimate of drug-likeness (QED) is 0.576. The van der Waals surface area contributed by atoms with Gasteiger partial charge in [0.05, 0.1) is 0 Å². The summed E-state index contributed by atoms with van der Waals surface area (Å²) in [4.78, 5) is 2.35. The van der Waals surface area contributed by atoms with Crippen molar-refractivity contribution in [1.29, 1.82) is 0 Å². The van der Waals surface area contributed by atoms with Crippen molar-refractivity contribution < 1.29 is 4.74 Å². The van der Waals surface area contributed by atoms with Gasteiger partial charge >= 0.3 is 0 Å². The minimum atomic E-state index is 0.649. The molecule has 0 saturated carbocycles. The van der Waals surface area contributed by atoms with Crippen LogP contribution in [0, 0.1) is 0 Å². The van der Waals surface area contributed by atoms with E-state index in [4.69, 9.17) is 4.74 Å². The number of nitrogens with zero attached hydrogens (tertiary/aromatic N) is 1. The highest BCUT2D eigenvalue weighted by atomic mass is 16.5. The number of unbranched alkanes of at least 4 members (excludes halogenated alkanes) is 1. The molecule has 0 saturated heterocycles. The van der Waals surface area contributed by atoms with Crippen LogP contribution in [0.3, 0.4) is 0 Å². The maximum atomic E-state index is 5.48. The van der Waals surface area contributed by atoms with E-state index in [2.05, 4.69) is 32.7 Å². The van der Waals surface area contributed by atoms with Crippen molar-refractivity contribution in [2.75, 3.05) is 26.8 Å². The highest BCUT2D eigenvalue weighted by Crippen LogP contribution is 1.96. The number of ether oxygens (including phenoxy) is 1. The molecule has 0 aromatic heterocycles. The van der Waals surface area contributed by atoms with Crippen molar-refractivity contribution in [3.05, 3.63) is 0 Å². The maximum Gasteiger partial charge on any atom is 0.0478 e. The van der Waals surface area contributed by atoms with Gasteiger partial charge in [-0.15, -0.1) is 0 Å². The van der Waals surface area contributed by atoms with Gasteiger partial charge in [0, 0.05) is 25.8 Å². The van der Waals surface area contributed by atoms with E-state index in [0.717, 1.165) is 26.2 Å². The molecule has 0 aliphatic heterocycles. The zero-order valence-corrected chi connectivity index (χ0v) is 11.7. The highest BCUT2D eigenvalue weighted by Gasteiger charge is 2.01. The molecular formula is C13H31NO. The molecular weight excluding hydrogens is 186 g/mol. The molecule has 0 aliphatic rings. The van der Waals surface area contributed by atoms with E-state index in [1.165, 1.54) is 12.8 Å². The van der Waals surface area contributed by atoms with Gasteiger partial charge in [-0.05, 0) is 33.7 Å². The topological polar surface area (TPSA) is 12.5 Å². The van der Waals surface area contributed by atoms with Crippen LogP contribution in [0.15, 0.2) is 0 Å². The van der Waals surface area contributed by atoms with Crippen LogP contribution in [0.25, 0.3) is 0 Å². The SMILES string of the molecule is CC.CCCCOCCCN(C)C(C)C. The molecule has 0 atom stereocenters. The molecule has 0 aromatic rings. The lowest BCUT2D eigenvalue weighted by atomic mass is 10.3. The molecule has 0 radical (unpaired) electrons. The molecule has 0 spiro atoms. The van der Waals surface area contributed by atoms with Crippen molar-refractivity contribution in [2.24, 2.45) is 0 Å². The van der Waals surface area contributed by atoms with E-state index < -0.39 is 0 Å². The third kappa shape index (κ3) is 13.9. The van der Waals surface area contributed by atoms with Gasteiger partial charge < -0.3 is 9.64 Å². The third-order valence-electron chi connectivity index (χ3n) is 2.32. The summed E-state index contributed by atoms with van der Waals surface area (Å²) in [5, 5.41) is 0. The average Bonchev–Trinajstić information content (AvgIpc) is 2.25. The van der Waals surface area contributed by atoms with Crippen molar-refractivity contribution in [3.63, 3.8) is 0 Å². The Kier molecular flexibility index (Phi) is 16.1. The largest absolute Gasteiger partial charge is 0.381 e. The summed E-state index contributed by atoms with van der Waals surface area (Å²) in [5.74, 6) is 0. The molecule has 0 rings (SSSR count). The number of hydrogen-bond donors (Lipinski definition) is 0.